The van der Waals surface area contributed by atoms with Gasteiger partial charge < -0.3 is 10.6 Å². The van der Waals surface area contributed by atoms with E-state index in [1.165, 1.54) is 6.07 Å². The first-order valence-electron chi connectivity index (χ1n) is 8.06. The van der Waals surface area contributed by atoms with Gasteiger partial charge >= 0.3 is 0 Å². The Labute approximate surface area is 157 Å². The first-order valence-corrected chi connectivity index (χ1v) is 9.95. The maximum atomic E-state index is 12.0. The fraction of sp³-hybridized carbons (Fsp3) is 0.235. The van der Waals surface area contributed by atoms with Crippen LogP contribution in [-0.2, 0) is 21.4 Å². The summed E-state index contributed by atoms with van der Waals surface area (Å²) in [4.78, 5) is 22.5. The molecule has 2 rings (SSSR count). The van der Waals surface area contributed by atoms with Crippen LogP contribution in [0.15, 0.2) is 48.5 Å². The number of hydrogen-bond donors (Lipinski definition) is 3. The van der Waals surface area contributed by atoms with Crippen molar-refractivity contribution < 1.29 is 18.1 Å². The zero-order valence-electron chi connectivity index (χ0n) is 14.6. The van der Waals surface area contributed by atoms with Crippen molar-refractivity contribution in [1.29, 1.82) is 0 Å². The van der Waals surface area contributed by atoms with Crippen molar-refractivity contribution in [3.63, 3.8) is 0 Å². The van der Waals surface area contributed by atoms with Gasteiger partial charge in [0, 0.05) is 25.6 Å². The molecular weight excluding hydrogens is 372 g/mol. The van der Waals surface area contributed by atoms with Gasteiger partial charge in [-0.1, -0.05) is 30.3 Å². The molecule has 9 nitrogen and oxygen atoms in total. The molecule has 0 aliphatic carbocycles. The van der Waals surface area contributed by atoms with Crippen molar-refractivity contribution in [3.8, 4) is 0 Å². The Hall–Kier alpha value is -3.14. The lowest BCUT2D eigenvalue weighted by Crippen LogP contribution is -2.25. The Morgan fingerprint density at radius 1 is 1.07 bits per heavy atom. The third-order valence-electron chi connectivity index (χ3n) is 3.56. The van der Waals surface area contributed by atoms with Crippen LogP contribution in [0.1, 0.15) is 12.0 Å². The van der Waals surface area contributed by atoms with Gasteiger partial charge in [0.05, 0.1) is 16.9 Å². The molecule has 10 heteroatoms. The van der Waals surface area contributed by atoms with E-state index in [9.17, 15) is 23.3 Å². The van der Waals surface area contributed by atoms with Crippen LogP contribution < -0.4 is 15.4 Å². The zero-order chi connectivity index (χ0) is 19.9. The average Bonchev–Trinajstić information content (AvgIpc) is 2.60. The van der Waals surface area contributed by atoms with E-state index in [1.807, 2.05) is 0 Å². The molecule has 3 N–H and O–H groups in total. The van der Waals surface area contributed by atoms with E-state index in [1.54, 1.807) is 42.5 Å². The lowest BCUT2D eigenvalue weighted by molar-refractivity contribution is -0.384. The monoisotopic (exact) mass is 392 g/mol. The molecule has 0 atom stereocenters. The number of nitrogens with zero attached hydrogens (tertiary/aromatic N) is 1. The minimum atomic E-state index is -3.42. The number of para-hydroxylation sites is 3. The third kappa shape index (κ3) is 6.59. The van der Waals surface area contributed by atoms with Crippen molar-refractivity contribution in [2.45, 2.75) is 13.0 Å². The largest absolute Gasteiger partial charge is 0.379 e. The molecule has 0 aromatic heterocycles. The van der Waals surface area contributed by atoms with Crippen LogP contribution in [0.2, 0.25) is 0 Å². The highest BCUT2D eigenvalue weighted by atomic mass is 32.2. The summed E-state index contributed by atoms with van der Waals surface area (Å²) in [6.45, 7) is 0.378. The minimum absolute atomic E-state index is 0.0568. The van der Waals surface area contributed by atoms with E-state index in [0.29, 0.717) is 16.9 Å². The van der Waals surface area contributed by atoms with Gasteiger partial charge in [0.1, 0.15) is 5.69 Å². The summed E-state index contributed by atoms with van der Waals surface area (Å²) in [5, 5.41) is 16.5. The fourth-order valence-corrected chi connectivity index (χ4v) is 2.95. The number of rotatable bonds is 9. The molecule has 27 heavy (non-hydrogen) atoms. The second-order valence-electron chi connectivity index (χ2n) is 5.76. The molecule has 0 saturated carbocycles. The van der Waals surface area contributed by atoms with Gasteiger partial charge in [-0.3, -0.25) is 19.6 Å². The van der Waals surface area contributed by atoms with Crippen molar-refractivity contribution >= 4 is 33.0 Å². The predicted molar refractivity (Wildman–Crippen MR) is 103 cm³/mol. The Bertz CT molecular complexity index is 930. The molecule has 0 fully saturated rings. The number of hydrogen-bond acceptors (Lipinski definition) is 6. The highest BCUT2D eigenvalue weighted by Gasteiger charge is 2.12. The maximum Gasteiger partial charge on any atom is 0.292 e. The molecule has 144 valence electrons. The van der Waals surface area contributed by atoms with Crippen LogP contribution in [0, 0.1) is 10.1 Å². The normalized spacial score (nSPS) is 10.9. The molecule has 0 aliphatic heterocycles. The number of nitrogens with one attached hydrogen (secondary N) is 3. The van der Waals surface area contributed by atoms with Crippen LogP contribution in [-0.4, -0.2) is 32.0 Å². The summed E-state index contributed by atoms with van der Waals surface area (Å²) < 4.78 is 25.2. The number of nitro benzene ring substituents is 1. The highest BCUT2D eigenvalue weighted by Crippen LogP contribution is 2.22. The van der Waals surface area contributed by atoms with Gasteiger partial charge in [0.2, 0.25) is 15.9 Å². The smallest absolute Gasteiger partial charge is 0.292 e. The Morgan fingerprint density at radius 2 is 1.70 bits per heavy atom. The summed E-state index contributed by atoms with van der Waals surface area (Å²) in [5.74, 6) is -0.268. The fourth-order valence-electron chi connectivity index (χ4n) is 2.35. The molecule has 0 saturated heterocycles. The molecule has 0 heterocycles. The molecule has 0 unspecified atom stereocenters. The SMILES string of the molecule is CS(=O)(=O)Nc1ccccc1CNC(=O)CCNc1ccccc1[N+](=O)[O-]. The van der Waals surface area contributed by atoms with E-state index in [0.717, 1.165) is 6.26 Å². The minimum Gasteiger partial charge on any atom is -0.379 e. The molecule has 2 aromatic rings. The maximum absolute atomic E-state index is 12.0. The molecule has 2 aromatic carbocycles. The summed E-state index contributed by atoms with van der Waals surface area (Å²) in [7, 11) is -3.42. The molecule has 1 amide bonds. The summed E-state index contributed by atoms with van der Waals surface area (Å²) in [6.07, 6.45) is 1.16. The number of carbonyl (C=O) groups is 1. The average molecular weight is 392 g/mol. The van der Waals surface area contributed by atoms with Gasteiger partial charge in [-0.2, -0.15) is 0 Å². The molecule has 0 aliphatic rings. The topological polar surface area (TPSA) is 130 Å². The lowest BCUT2D eigenvalue weighted by Gasteiger charge is -2.12. The van der Waals surface area contributed by atoms with Gasteiger partial charge in [0.25, 0.3) is 5.69 Å². The van der Waals surface area contributed by atoms with Crippen LogP contribution >= 0.6 is 0 Å². The van der Waals surface area contributed by atoms with Crippen LogP contribution in [0.5, 0.6) is 0 Å². The first-order chi connectivity index (χ1) is 12.8. The van der Waals surface area contributed by atoms with E-state index < -0.39 is 14.9 Å². The van der Waals surface area contributed by atoms with Crippen molar-refractivity contribution in [2.75, 3.05) is 22.8 Å². The van der Waals surface area contributed by atoms with Gasteiger partial charge in [-0.25, -0.2) is 8.42 Å². The third-order valence-corrected chi connectivity index (χ3v) is 4.15. The Balaban J connectivity index is 1.87. The van der Waals surface area contributed by atoms with E-state index in [4.69, 9.17) is 0 Å². The second-order valence-corrected chi connectivity index (χ2v) is 7.51. The zero-order valence-corrected chi connectivity index (χ0v) is 15.5. The van der Waals surface area contributed by atoms with Crippen LogP contribution in [0.4, 0.5) is 17.1 Å². The van der Waals surface area contributed by atoms with Crippen molar-refractivity contribution in [1.82, 2.24) is 5.32 Å². The number of nitro groups is 1. The summed E-state index contributed by atoms with van der Waals surface area (Å²) >= 11 is 0. The van der Waals surface area contributed by atoms with Crippen LogP contribution in [0.3, 0.4) is 0 Å². The number of amides is 1. The summed E-state index contributed by atoms with van der Waals surface area (Å²) in [5.41, 5.74) is 1.32. The van der Waals surface area contributed by atoms with Gasteiger partial charge in [0.15, 0.2) is 0 Å². The van der Waals surface area contributed by atoms with E-state index in [-0.39, 0.29) is 31.1 Å². The van der Waals surface area contributed by atoms with Crippen molar-refractivity contribution in [3.05, 3.63) is 64.2 Å². The first kappa shape index (κ1) is 20.2. The molecule has 0 bridgehead atoms. The molecular formula is C17H20N4O5S. The summed E-state index contributed by atoms with van der Waals surface area (Å²) in [6, 6.07) is 12.9. The Kier molecular flexibility index (Phi) is 6.72. The van der Waals surface area contributed by atoms with Gasteiger partial charge in [-0.15, -0.1) is 0 Å². The standard InChI is InChI=1S/C17H20N4O5S/c1-27(25,26)20-14-7-3-2-6-13(14)12-19-17(22)10-11-18-15-8-4-5-9-16(15)21(23)24/h2-9,18,20H,10-12H2,1H3,(H,19,22). The number of sulfonamides is 1. The second kappa shape index (κ2) is 8.99. The van der Waals surface area contributed by atoms with E-state index in [2.05, 4.69) is 15.4 Å². The quantitative estimate of drug-likeness (QED) is 0.442. The van der Waals surface area contributed by atoms with Crippen LogP contribution in [0.25, 0.3) is 0 Å². The molecule has 0 radical (unpaired) electrons. The number of carbonyl (C=O) groups excluding carboxylic acids is 1. The van der Waals surface area contributed by atoms with E-state index >= 15 is 0 Å². The predicted octanol–water partition coefficient (Wildman–Crippen LogP) is 2.08. The number of benzene rings is 2. The Morgan fingerprint density at radius 3 is 2.37 bits per heavy atom. The van der Waals surface area contributed by atoms with Crippen molar-refractivity contribution in [2.24, 2.45) is 0 Å². The highest BCUT2D eigenvalue weighted by molar-refractivity contribution is 7.92. The van der Waals surface area contributed by atoms with Gasteiger partial charge in [-0.05, 0) is 17.7 Å². The molecule has 0 spiro atoms. The lowest BCUT2D eigenvalue weighted by atomic mass is 10.2. The number of anilines is 2.